The molecule has 0 atom stereocenters. The van der Waals surface area contributed by atoms with Crippen LogP contribution in [-0.2, 0) is 17.8 Å². The zero-order valence-corrected chi connectivity index (χ0v) is 14.2. The van der Waals surface area contributed by atoms with E-state index in [-0.39, 0.29) is 12.3 Å². The molecule has 3 rings (SSSR count). The lowest BCUT2D eigenvalue weighted by molar-refractivity contribution is -0.115. The first-order valence-electron chi connectivity index (χ1n) is 7.85. The molecule has 1 amide bonds. The molecule has 3 aromatic rings. The monoisotopic (exact) mass is 352 g/mol. The minimum Gasteiger partial charge on any atom is -0.365 e. The van der Waals surface area contributed by atoms with Crippen LogP contribution < -0.4 is 10.6 Å². The number of nitrogens with one attached hydrogen (secondary N) is 2. The molecule has 0 unspecified atom stereocenters. The Balaban J connectivity index is 1.51. The van der Waals surface area contributed by atoms with Crippen LogP contribution in [0.4, 0.5) is 11.6 Å². The van der Waals surface area contributed by atoms with E-state index in [0.29, 0.717) is 23.2 Å². The van der Waals surface area contributed by atoms with Gasteiger partial charge in [-0.25, -0.2) is 0 Å². The lowest BCUT2D eigenvalue weighted by Gasteiger charge is -2.07. The zero-order valence-electron chi connectivity index (χ0n) is 13.4. The van der Waals surface area contributed by atoms with Gasteiger partial charge in [0.15, 0.2) is 5.82 Å². The normalized spacial score (nSPS) is 10.3. The van der Waals surface area contributed by atoms with Crippen molar-refractivity contribution < 1.29 is 4.79 Å². The summed E-state index contributed by atoms with van der Waals surface area (Å²) in [5, 5.41) is 14.7. The van der Waals surface area contributed by atoms with Gasteiger partial charge in [0, 0.05) is 11.6 Å². The lowest BCUT2D eigenvalue weighted by atomic mass is 10.1. The molecule has 25 heavy (non-hydrogen) atoms. The summed E-state index contributed by atoms with van der Waals surface area (Å²) in [7, 11) is 0. The third-order valence-electron chi connectivity index (χ3n) is 3.53. The molecule has 2 aromatic carbocycles. The number of nitrogens with zero attached hydrogens (tertiary/aromatic N) is 2. The van der Waals surface area contributed by atoms with Gasteiger partial charge in [-0.05, 0) is 35.4 Å². The van der Waals surface area contributed by atoms with Crippen LogP contribution in [0.15, 0.2) is 66.7 Å². The van der Waals surface area contributed by atoms with Crippen LogP contribution in [0.5, 0.6) is 0 Å². The number of benzene rings is 2. The highest BCUT2D eigenvalue weighted by Gasteiger charge is 2.06. The number of carbonyl (C=O) groups excluding carboxylic acids is 1. The number of carbonyl (C=O) groups is 1. The summed E-state index contributed by atoms with van der Waals surface area (Å²) in [6.07, 6.45) is 0.257. The van der Waals surface area contributed by atoms with Crippen LogP contribution in [0.3, 0.4) is 0 Å². The highest BCUT2D eigenvalue weighted by Crippen LogP contribution is 2.12. The summed E-state index contributed by atoms with van der Waals surface area (Å²) in [6, 6.07) is 20.7. The van der Waals surface area contributed by atoms with Gasteiger partial charge in [0.2, 0.25) is 5.91 Å². The molecule has 0 spiro atoms. The Hall–Kier alpha value is -2.92. The first-order chi connectivity index (χ1) is 12.2. The van der Waals surface area contributed by atoms with Crippen LogP contribution in [0, 0.1) is 0 Å². The Labute approximate surface area is 151 Å². The van der Waals surface area contributed by atoms with Crippen molar-refractivity contribution in [1.29, 1.82) is 0 Å². The summed E-state index contributed by atoms with van der Waals surface area (Å²) in [5.74, 6) is 0.922. The summed E-state index contributed by atoms with van der Waals surface area (Å²) in [5.41, 5.74) is 2.04. The topological polar surface area (TPSA) is 66.9 Å². The van der Waals surface area contributed by atoms with Gasteiger partial charge in [0.05, 0.1) is 6.42 Å². The predicted octanol–water partition coefficient (Wildman–Crippen LogP) is 3.92. The molecule has 126 valence electrons. The molecule has 0 aliphatic carbocycles. The zero-order chi connectivity index (χ0) is 17.5. The first-order valence-corrected chi connectivity index (χ1v) is 8.23. The maximum atomic E-state index is 12.0. The summed E-state index contributed by atoms with van der Waals surface area (Å²) < 4.78 is 0. The second kappa shape index (κ2) is 8.26. The van der Waals surface area contributed by atoms with E-state index in [0.717, 1.165) is 11.1 Å². The number of halogens is 1. The van der Waals surface area contributed by atoms with Gasteiger partial charge in [-0.3, -0.25) is 4.79 Å². The van der Waals surface area contributed by atoms with Crippen molar-refractivity contribution in [2.45, 2.75) is 13.0 Å². The Morgan fingerprint density at radius 1 is 0.840 bits per heavy atom. The molecule has 5 nitrogen and oxygen atoms in total. The molecule has 0 saturated heterocycles. The van der Waals surface area contributed by atoms with Gasteiger partial charge in [0.1, 0.15) is 5.82 Å². The van der Waals surface area contributed by atoms with Crippen molar-refractivity contribution in [1.82, 2.24) is 10.2 Å². The Bertz CT molecular complexity index is 820. The number of aromatic nitrogens is 2. The molecule has 0 fully saturated rings. The number of hydrogen-bond donors (Lipinski definition) is 2. The van der Waals surface area contributed by atoms with E-state index in [2.05, 4.69) is 20.8 Å². The molecule has 0 aliphatic heterocycles. The quantitative estimate of drug-likeness (QED) is 0.705. The van der Waals surface area contributed by atoms with Gasteiger partial charge in [-0.1, -0.05) is 54.1 Å². The average Bonchev–Trinajstić information content (AvgIpc) is 2.64. The van der Waals surface area contributed by atoms with Crippen molar-refractivity contribution in [2.75, 3.05) is 10.6 Å². The number of anilines is 2. The standard InChI is InChI=1S/C19H17ClN4O/c20-16-8-6-14(7-9-16)12-19(25)22-18-11-10-17(23-24-18)21-13-15-4-2-1-3-5-15/h1-11H,12-13H2,(H,21,23)(H,22,24,25). The van der Waals surface area contributed by atoms with Crippen LogP contribution in [0.2, 0.25) is 5.02 Å². The fraction of sp³-hybridized carbons (Fsp3) is 0.105. The largest absolute Gasteiger partial charge is 0.365 e. The van der Waals surface area contributed by atoms with E-state index in [9.17, 15) is 4.79 Å². The van der Waals surface area contributed by atoms with Crippen LogP contribution in [0.1, 0.15) is 11.1 Å². The second-order valence-electron chi connectivity index (χ2n) is 5.49. The fourth-order valence-electron chi connectivity index (χ4n) is 2.26. The van der Waals surface area contributed by atoms with Crippen molar-refractivity contribution in [3.8, 4) is 0 Å². The van der Waals surface area contributed by atoms with Crippen molar-refractivity contribution >= 4 is 29.1 Å². The summed E-state index contributed by atoms with van der Waals surface area (Å²) in [6.45, 7) is 0.664. The van der Waals surface area contributed by atoms with Gasteiger partial charge < -0.3 is 10.6 Å². The SMILES string of the molecule is O=C(Cc1ccc(Cl)cc1)Nc1ccc(NCc2ccccc2)nn1. The third kappa shape index (κ3) is 5.29. The van der Waals surface area contributed by atoms with Gasteiger partial charge in [-0.15, -0.1) is 10.2 Å². The van der Waals surface area contributed by atoms with Gasteiger partial charge in [0.25, 0.3) is 0 Å². The molecule has 2 N–H and O–H groups in total. The third-order valence-corrected chi connectivity index (χ3v) is 3.78. The van der Waals surface area contributed by atoms with Crippen molar-refractivity contribution in [3.05, 3.63) is 82.9 Å². The Morgan fingerprint density at radius 3 is 2.20 bits per heavy atom. The van der Waals surface area contributed by atoms with E-state index < -0.39 is 0 Å². The van der Waals surface area contributed by atoms with E-state index in [4.69, 9.17) is 11.6 Å². The minimum atomic E-state index is -0.151. The average molecular weight is 353 g/mol. The van der Waals surface area contributed by atoms with Crippen LogP contribution in [-0.4, -0.2) is 16.1 Å². The Kier molecular flexibility index (Phi) is 5.59. The highest BCUT2D eigenvalue weighted by atomic mass is 35.5. The maximum absolute atomic E-state index is 12.0. The molecule has 6 heteroatoms. The van der Waals surface area contributed by atoms with E-state index in [1.807, 2.05) is 42.5 Å². The van der Waals surface area contributed by atoms with Crippen molar-refractivity contribution in [3.63, 3.8) is 0 Å². The first kappa shape index (κ1) is 16.9. The minimum absolute atomic E-state index is 0.151. The van der Waals surface area contributed by atoms with Gasteiger partial charge in [-0.2, -0.15) is 0 Å². The molecule has 0 radical (unpaired) electrons. The summed E-state index contributed by atoms with van der Waals surface area (Å²) in [4.78, 5) is 12.0. The molecule has 0 saturated carbocycles. The molecular formula is C19H17ClN4O. The van der Waals surface area contributed by atoms with Crippen LogP contribution >= 0.6 is 11.6 Å². The van der Waals surface area contributed by atoms with E-state index in [1.165, 1.54) is 0 Å². The lowest BCUT2D eigenvalue weighted by Crippen LogP contribution is -2.15. The molecule has 1 heterocycles. The molecule has 1 aromatic heterocycles. The predicted molar refractivity (Wildman–Crippen MR) is 99.6 cm³/mol. The number of amides is 1. The van der Waals surface area contributed by atoms with Crippen molar-refractivity contribution in [2.24, 2.45) is 0 Å². The maximum Gasteiger partial charge on any atom is 0.229 e. The smallest absolute Gasteiger partial charge is 0.229 e. The Morgan fingerprint density at radius 2 is 1.52 bits per heavy atom. The summed E-state index contributed by atoms with van der Waals surface area (Å²) >= 11 is 5.83. The molecule has 0 aliphatic rings. The van der Waals surface area contributed by atoms with Gasteiger partial charge >= 0.3 is 0 Å². The highest BCUT2D eigenvalue weighted by molar-refractivity contribution is 6.30. The number of hydrogen-bond acceptors (Lipinski definition) is 4. The molecule has 0 bridgehead atoms. The van der Waals surface area contributed by atoms with E-state index in [1.54, 1.807) is 24.3 Å². The van der Waals surface area contributed by atoms with E-state index >= 15 is 0 Å². The second-order valence-corrected chi connectivity index (χ2v) is 5.93. The number of rotatable bonds is 6. The molecular weight excluding hydrogens is 336 g/mol. The fourth-order valence-corrected chi connectivity index (χ4v) is 2.38. The van der Waals surface area contributed by atoms with Crippen LogP contribution in [0.25, 0.3) is 0 Å².